The Hall–Kier alpha value is -2.56. The van der Waals surface area contributed by atoms with Crippen LogP contribution in [0.1, 0.15) is 13.8 Å². The summed E-state index contributed by atoms with van der Waals surface area (Å²) in [4.78, 5) is 13.6. The maximum Gasteiger partial charge on any atom is 0.145 e. The van der Waals surface area contributed by atoms with Crippen LogP contribution in [0, 0.1) is 5.82 Å². The van der Waals surface area contributed by atoms with Crippen LogP contribution in [0.4, 0.5) is 27.1 Å². The molecule has 1 aliphatic rings. The van der Waals surface area contributed by atoms with Gasteiger partial charge in [-0.2, -0.15) is 0 Å². The molecule has 0 aromatic heterocycles. The second-order valence-corrected chi connectivity index (χ2v) is 6.05. The number of rotatable bonds is 2. The van der Waals surface area contributed by atoms with Crippen molar-refractivity contribution in [2.45, 2.75) is 25.4 Å². The molecule has 4 nitrogen and oxygen atoms in total. The normalized spacial score (nSPS) is 19.2. The van der Waals surface area contributed by atoms with Crippen LogP contribution >= 0.6 is 0 Å². The average molecular weight is 299 g/mol. The molecule has 0 spiro atoms. The van der Waals surface area contributed by atoms with E-state index in [-0.39, 0.29) is 5.82 Å². The number of carbonyl (C=O) groups excluding carboxylic acids is 1. The van der Waals surface area contributed by atoms with Crippen LogP contribution in [0.3, 0.4) is 0 Å². The Balaban J connectivity index is 2.20. The number of aldehydes is 1. The molecule has 0 amide bonds. The van der Waals surface area contributed by atoms with Gasteiger partial charge in [-0.25, -0.2) is 4.39 Å². The van der Waals surface area contributed by atoms with E-state index in [1.165, 1.54) is 12.1 Å². The molecule has 114 valence electrons. The smallest absolute Gasteiger partial charge is 0.145 e. The molecule has 1 aliphatic heterocycles. The lowest BCUT2D eigenvalue weighted by molar-refractivity contribution is -0.109. The zero-order valence-corrected chi connectivity index (χ0v) is 12.5. The predicted octanol–water partition coefficient (Wildman–Crippen LogP) is 3.32. The van der Waals surface area contributed by atoms with E-state index in [1.54, 1.807) is 18.2 Å². The summed E-state index contributed by atoms with van der Waals surface area (Å²) in [6, 6.07) is 11.2. The van der Waals surface area contributed by atoms with Crippen LogP contribution in [0.15, 0.2) is 42.5 Å². The molecular formula is C17H18FN3O. The molecule has 5 heteroatoms. The second-order valence-electron chi connectivity index (χ2n) is 6.05. The van der Waals surface area contributed by atoms with Crippen molar-refractivity contribution in [3.8, 4) is 0 Å². The van der Waals surface area contributed by atoms with E-state index in [1.807, 2.05) is 30.9 Å². The van der Waals surface area contributed by atoms with Gasteiger partial charge in [-0.05, 0) is 56.3 Å². The molecule has 0 bridgehead atoms. The molecule has 0 fully saturated rings. The van der Waals surface area contributed by atoms with E-state index in [4.69, 9.17) is 5.73 Å². The van der Waals surface area contributed by atoms with Gasteiger partial charge in [-0.1, -0.05) is 0 Å². The summed E-state index contributed by atoms with van der Waals surface area (Å²) in [5.41, 5.74) is 8.48. The van der Waals surface area contributed by atoms with Gasteiger partial charge in [0.05, 0.1) is 16.9 Å². The quantitative estimate of drug-likeness (QED) is 0.660. The Labute approximate surface area is 128 Å². The number of fused-ring (bicyclic) bond motifs is 1. The minimum Gasteiger partial charge on any atom is -0.399 e. The molecule has 0 radical (unpaired) electrons. The summed E-state index contributed by atoms with van der Waals surface area (Å²) in [6.07, 6.45) is 0.912. The lowest BCUT2D eigenvalue weighted by atomic mass is 9.89. The zero-order chi connectivity index (χ0) is 15.9. The Kier molecular flexibility index (Phi) is 3.28. The van der Waals surface area contributed by atoms with E-state index in [0.29, 0.717) is 5.69 Å². The zero-order valence-electron chi connectivity index (χ0n) is 12.5. The fourth-order valence-electron chi connectivity index (χ4n) is 2.89. The van der Waals surface area contributed by atoms with E-state index < -0.39 is 11.6 Å². The predicted molar refractivity (Wildman–Crippen MR) is 86.9 cm³/mol. The van der Waals surface area contributed by atoms with E-state index >= 15 is 0 Å². The first-order valence-electron chi connectivity index (χ1n) is 7.10. The molecule has 0 saturated heterocycles. The number of anilines is 4. The van der Waals surface area contributed by atoms with E-state index in [9.17, 15) is 9.18 Å². The minimum atomic E-state index is -0.489. The summed E-state index contributed by atoms with van der Waals surface area (Å²) < 4.78 is 13.2. The van der Waals surface area contributed by atoms with Gasteiger partial charge in [0.15, 0.2) is 0 Å². The Morgan fingerprint density at radius 1 is 1.23 bits per heavy atom. The van der Waals surface area contributed by atoms with Crippen molar-refractivity contribution < 1.29 is 9.18 Å². The van der Waals surface area contributed by atoms with Crippen molar-refractivity contribution in [1.29, 1.82) is 0 Å². The molecule has 0 saturated carbocycles. The molecule has 2 aromatic rings. The lowest BCUT2D eigenvalue weighted by Gasteiger charge is -2.46. The molecular weight excluding hydrogens is 281 g/mol. The van der Waals surface area contributed by atoms with E-state index in [0.717, 1.165) is 23.3 Å². The highest BCUT2D eigenvalue weighted by Crippen LogP contribution is 2.42. The highest BCUT2D eigenvalue weighted by Gasteiger charge is 2.40. The van der Waals surface area contributed by atoms with Gasteiger partial charge in [0.1, 0.15) is 18.1 Å². The summed E-state index contributed by atoms with van der Waals surface area (Å²) in [7, 11) is 0. The van der Waals surface area contributed by atoms with Gasteiger partial charge >= 0.3 is 0 Å². The third-order valence-electron chi connectivity index (χ3n) is 3.99. The second kappa shape index (κ2) is 5.02. The maximum absolute atomic E-state index is 13.2. The average Bonchev–Trinajstić information content (AvgIpc) is 2.45. The van der Waals surface area contributed by atoms with Gasteiger partial charge < -0.3 is 20.7 Å². The van der Waals surface area contributed by atoms with Crippen LogP contribution in [-0.2, 0) is 4.79 Å². The first-order valence-corrected chi connectivity index (χ1v) is 7.10. The van der Waals surface area contributed by atoms with Gasteiger partial charge in [-0.3, -0.25) is 0 Å². The summed E-state index contributed by atoms with van der Waals surface area (Å²) >= 11 is 0. The minimum absolute atomic E-state index is 0.307. The van der Waals surface area contributed by atoms with Crippen LogP contribution in [0.25, 0.3) is 0 Å². The number of nitrogens with zero attached hydrogens (tertiary/aromatic N) is 1. The SMILES string of the molecule is CC1(C)Nc2cc(N)ccc2N(c2ccc(F)cc2)C1C=O. The van der Waals surface area contributed by atoms with Gasteiger partial charge in [0.2, 0.25) is 0 Å². The molecule has 1 heterocycles. The summed E-state index contributed by atoms with van der Waals surface area (Å²) in [5.74, 6) is -0.307. The third-order valence-corrected chi connectivity index (χ3v) is 3.99. The monoisotopic (exact) mass is 299 g/mol. The number of nitrogens with one attached hydrogen (secondary N) is 1. The van der Waals surface area contributed by atoms with Crippen molar-refractivity contribution in [1.82, 2.24) is 0 Å². The maximum atomic E-state index is 13.2. The number of benzene rings is 2. The van der Waals surface area contributed by atoms with Crippen LogP contribution in [0.5, 0.6) is 0 Å². The lowest BCUT2D eigenvalue weighted by Crippen LogP contribution is -2.56. The number of carbonyl (C=O) groups is 1. The van der Waals surface area contributed by atoms with Gasteiger partial charge in [-0.15, -0.1) is 0 Å². The Morgan fingerprint density at radius 2 is 1.91 bits per heavy atom. The van der Waals surface area contributed by atoms with Gasteiger partial charge in [0.25, 0.3) is 0 Å². The Morgan fingerprint density at radius 3 is 2.55 bits per heavy atom. The molecule has 3 N–H and O–H groups in total. The third kappa shape index (κ3) is 2.28. The van der Waals surface area contributed by atoms with Crippen molar-refractivity contribution >= 4 is 29.0 Å². The first kappa shape index (κ1) is 14.4. The summed E-state index contributed by atoms with van der Waals surface area (Å²) in [5, 5.41) is 3.36. The van der Waals surface area contributed by atoms with Crippen LogP contribution in [-0.4, -0.2) is 17.9 Å². The van der Waals surface area contributed by atoms with Gasteiger partial charge in [0, 0.05) is 11.4 Å². The Bertz CT molecular complexity index is 712. The molecule has 2 aromatic carbocycles. The summed E-state index contributed by atoms with van der Waals surface area (Å²) in [6.45, 7) is 3.91. The fourth-order valence-corrected chi connectivity index (χ4v) is 2.89. The van der Waals surface area contributed by atoms with E-state index in [2.05, 4.69) is 5.32 Å². The highest BCUT2D eigenvalue weighted by molar-refractivity contribution is 5.88. The van der Waals surface area contributed by atoms with Crippen molar-refractivity contribution in [2.24, 2.45) is 0 Å². The van der Waals surface area contributed by atoms with Crippen LogP contribution < -0.4 is 16.0 Å². The number of nitrogens with two attached hydrogens (primary N) is 1. The number of halogens is 1. The van der Waals surface area contributed by atoms with Crippen LogP contribution in [0.2, 0.25) is 0 Å². The number of nitrogen functional groups attached to an aromatic ring is 1. The first-order chi connectivity index (χ1) is 10.4. The number of hydrogen-bond donors (Lipinski definition) is 2. The molecule has 1 unspecified atom stereocenters. The molecule has 1 atom stereocenters. The number of hydrogen-bond acceptors (Lipinski definition) is 4. The largest absolute Gasteiger partial charge is 0.399 e. The molecule has 22 heavy (non-hydrogen) atoms. The van der Waals surface area contributed by atoms with Crippen molar-refractivity contribution in [2.75, 3.05) is 16.0 Å². The molecule has 3 rings (SSSR count). The van der Waals surface area contributed by atoms with Crippen molar-refractivity contribution in [3.63, 3.8) is 0 Å². The fraction of sp³-hybridized carbons (Fsp3) is 0.235. The van der Waals surface area contributed by atoms with Crippen molar-refractivity contribution in [3.05, 3.63) is 48.3 Å². The molecule has 0 aliphatic carbocycles. The highest BCUT2D eigenvalue weighted by atomic mass is 19.1. The topological polar surface area (TPSA) is 58.4 Å². The standard InChI is InChI=1S/C17H18FN3O/c1-17(2)16(10-22)21(13-6-3-11(18)4-7-13)15-8-5-12(19)9-14(15)20-17/h3-10,16,20H,19H2,1-2H3.